The summed E-state index contributed by atoms with van der Waals surface area (Å²) in [6.45, 7) is 3.92. The van der Waals surface area contributed by atoms with Crippen LogP contribution >= 0.6 is 0 Å². The Morgan fingerprint density at radius 2 is 1.81 bits per heavy atom. The summed E-state index contributed by atoms with van der Waals surface area (Å²) in [5, 5.41) is 0. The molecule has 1 saturated heterocycles. The maximum atomic E-state index is 2.58. The molecule has 0 N–H and O–H groups in total. The molecule has 0 amide bonds. The topological polar surface area (TPSA) is 3.24 Å². The first-order valence-corrected chi connectivity index (χ1v) is 6.39. The molecule has 1 nitrogen and oxygen atoms in total. The van der Waals surface area contributed by atoms with E-state index in [1.165, 1.54) is 50.9 Å². The van der Waals surface area contributed by atoms with Crippen LogP contribution in [0.3, 0.4) is 0 Å². The van der Waals surface area contributed by atoms with Crippen LogP contribution in [-0.2, 0) is 0 Å². The molecule has 2 rings (SSSR count). The molecule has 1 aromatic rings. The summed E-state index contributed by atoms with van der Waals surface area (Å²) < 4.78 is 0. The van der Waals surface area contributed by atoms with Crippen molar-refractivity contribution >= 4 is 6.08 Å². The van der Waals surface area contributed by atoms with E-state index in [-0.39, 0.29) is 0 Å². The lowest BCUT2D eigenvalue weighted by molar-refractivity contribution is 0.335. The molecule has 1 aromatic carbocycles. The monoisotopic (exact) mass is 215 g/mol. The number of nitrogens with zero attached hydrogens (tertiary/aromatic N) is 1. The van der Waals surface area contributed by atoms with Gasteiger partial charge in [0.15, 0.2) is 0 Å². The van der Waals surface area contributed by atoms with Crippen LogP contribution in [0.1, 0.15) is 31.2 Å². The Labute approximate surface area is 98.8 Å². The van der Waals surface area contributed by atoms with Crippen molar-refractivity contribution in [3.63, 3.8) is 0 Å². The van der Waals surface area contributed by atoms with Crippen LogP contribution in [0.15, 0.2) is 36.4 Å². The van der Waals surface area contributed by atoms with Gasteiger partial charge in [0.1, 0.15) is 0 Å². The first kappa shape index (κ1) is 11.4. The predicted octanol–water partition coefficient (Wildman–Crippen LogP) is 3.58. The Morgan fingerprint density at radius 1 is 1.06 bits per heavy atom. The second-order valence-corrected chi connectivity index (χ2v) is 4.50. The van der Waals surface area contributed by atoms with E-state index >= 15 is 0 Å². The molecular weight excluding hydrogens is 194 g/mol. The molecule has 1 heteroatoms. The third-order valence-electron chi connectivity index (χ3n) is 3.15. The SMILES string of the molecule is C(=C\c1ccccc1)/CCCN1CCCC1. The molecule has 0 aliphatic carbocycles. The van der Waals surface area contributed by atoms with E-state index in [1.807, 2.05) is 0 Å². The van der Waals surface area contributed by atoms with E-state index in [1.54, 1.807) is 0 Å². The van der Waals surface area contributed by atoms with Crippen LogP contribution in [0.2, 0.25) is 0 Å². The first-order valence-electron chi connectivity index (χ1n) is 6.39. The summed E-state index contributed by atoms with van der Waals surface area (Å²) in [5.74, 6) is 0. The largest absolute Gasteiger partial charge is 0.303 e. The van der Waals surface area contributed by atoms with Crippen LogP contribution in [0, 0.1) is 0 Å². The molecule has 1 heterocycles. The highest BCUT2D eigenvalue weighted by atomic mass is 15.1. The lowest BCUT2D eigenvalue weighted by Crippen LogP contribution is -2.19. The summed E-state index contributed by atoms with van der Waals surface area (Å²) >= 11 is 0. The molecule has 0 unspecified atom stereocenters. The predicted molar refractivity (Wildman–Crippen MR) is 70.4 cm³/mol. The van der Waals surface area contributed by atoms with Gasteiger partial charge in [-0.15, -0.1) is 0 Å². The second kappa shape index (κ2) is 6.49. The van der Waals surface area contributed by atoms with E-state index in [0.29, 0.717) is 0 Å². The van der Waals surface area contributed by atoms with Crippen molar-refractivity contribution in [2.75, 3.05) is 19.6 Å². The van der Waals surface area contributed by atoms with E-state index in [9.17, 15) is 0 Å². The van der Waals surface area contributed by atoms with Gasteiger partial charge in [-0.25, -0.2) is 0 Å². The average Bonchev–Trinajstić information content (AvgIpc) is 2.83. The number of hydrogen-bond donors (Lipinski definition) is 0. The number of hydrogen-bond acceptors (Lipinski definition) is 1. The van der Waals surface area contributed by atoms with Gasteiger partial charge in [0.25, 0.3) is 0 Å². The van der Waals surface area contributed by atoms with Crippen LogP contribution in [0.4, 0.5) is 0 Å². The number of rotatable bonds is 5. The van der Waals surface area contributed by atoms with Crippen LogP contribution in [0.25, 0.3) is 6.08 Å². The summed E-state index contributed by atoms with van der Waals surface area (Å²) in [4.78, 5) is 2.58. The van der Waals surface area contributed by atoms with Crippen molar-refractivity contribution in [1.29, 1.82) is 0 Å². The van der Waals surface area contributed by atoms with Gasteiger partial charge in [-0.2, -0.15) is 0 Å². The smallest absolute Gasteiger partial charge is 0.00158 e. The Kier molecular flexibility index (Phi) is 4.63. The van der Waals surface area contributed by atoms with E-state index in [4.69, 9.17) is 0 Å². The molecule has 1 fully saturated rings. The van der Waals surface area contributed by atoms with Crippen molar-refractivity contribution in [3.05, 3.63) is 42.0 Å². The summed E-state index contributed by atoms with van der Waals surface area (Å²) in [5.41, 5.74) is 1.31. The second-order valence-electron chi connectivity index (χ2n) is 4.50. The van der Waals surface area contributed by atoms with Gasteiger partial charge in [0.05, 0.1) is 0 Å². The van der Waals surface area contributed by atoms with Gasteiger partial charge in [0.2, 0.25) is 0 Å². The maximum absolute atomic E-state index is 2.58. The lowest BCUT2D eigenvalue weighted by Gasteiger charge is -2.12. The fourth-order valence-corrected chi connectivity index (χ4v) is 2.22. The maximum Gasteiger partial charge on any atom is -0.00158 e. The molecule has 86 valence electrons. The minimum Gasteiger partial charge on any atom is -0.303 e. The van der Waals surface area contributed by atoms with Gasteiger partial charge >= 0.3 is 0 Å². The quantitative estimate of drug-likeness (QED) is 0.679. The van der Waals surface area contributed by atoms with Crippen LogP contribution in [-0.4, -0.2) is 24.5 Å². The third kappa shape index (κ3) is 3.82. The van der Waals surface area contributed by atoms with E-state index < -0.39 is 0 Å². The minimum atomic E-state index is 1.20. The van der Waals surface area contributed by atoms with Crippen molar-refractivity contribution in [3.8, 4) is 0 Å². The number of unbranched alkanes of at least 4 members (excludes halogenated alkanes) is 1. The summed E-state index contributed by atoms with van der Waals surface area (Å²) in [6, 6.07) is 10.5. The number of likely N-dealkylation sites (tertiary alicyclic amines) is 1. The Bertz CT molecular complexity index is 309. The van der Waals surface area contributed by atoms with Gasteiger partial charge in [-0.1, -0.05) is 42.5 Å². The van der Waals surface area contributed by atoms with Gasteiger partial charge in [-0.05, 0) is 50.9 Å². The molecule has 0 spiro atoms. The molecule has 16 heavy (non-hydrogen) atoms. The van der Waals surface area contributed by atoms with Gasteiger partial charge in [0, 0.05) is 0 Å². The first-order chi connectivity index (χ1) is 7.95. The zero-order valence-electron chi connectivity index (χ0n) is 9.94. The Balaban J connectivity index is 1.62. The molecular formula is C15H21N. The molecule has 0 bridgehead atoms. The van der Waals surface area contributed by atoms with E-state index in [0.717, 1.165) is 0 Å². The Hall–Kier alpha value is -1.08. The lowest BCUT2D eigenvalue weighted by atomic mass is 10.2. The fraction of sp³-hybridized carbons (Fsp3) is 0.467. The number of benzene rings is 1. The highest BCUT2D eigenvalue weighted by molar-refractivity contribution is 5.48. The standard InChI is InChI=1S/C15H21N/c1-3-9-15(10-4-1)11-5-2-6-12-16-13-7-8-14-16/h1,3-5,9-11H,2,6-8,12-14H2/b11-5+. The normalized spacial score (nSPS) is 17.2. The fourth-order valence-electron chi connectivity index (χ4n) is 2.22. The zero-order valence-corrected chi connectivity index (χ0v) is 9.94. The highest BCUT2D eigenvalue weighted by Gasteiger charge is 2.09. The van der Waals surface area contributed by atoms with Crippen LogP contribution in [0.5, 0.6) is 0 Å². The van der Waals surface area contributed by atoms with Gasteiger partial charge in [-0.3, -0.25) is 0 Å². The minimum absolute atomic E-state index is 1.20. The molecule has 0 atom stereocenters. The van der Waals surface area contributed by atoms with Crippen molar-refractivity contribution in [2.45, 2.75) is 25.7 Å². The highest BCUT2D eigenvalue weighted by Crippen LogP contribution is 2.09. The molecule has 1 aliphatic rings. The number of allylic oxidation sites excluding steroid dienone is 1. The van der Waals surface area contributed by atoms with Crippen molar-refractivity contribution < 1.29 is 0 Å². The van der Waals surface area contributed by atoms with Crippen LogP contribution < -0.4 is 0 Å². The summed E-state index contributed by atoms with van der Waals surface area (Å²) in [7, 11) is 0. The van der Waals surface area contributed by atoms with Crippen molar-refractivity contribution in [2.24, 2.45) is 0 Å². The third-order valence-corrected chi connectivity index (χ3v) is 3.15. The average molecular weight is 215 g/mol. The van der Waals surface area contributed by atoms with E-state index in [2.05, 4.69) is 47.4 Å². The van der Waals surface area contributed by atoms with Crippen molar-refractivity contribution in [1.82, 2.24) is 4.90 Å². The molecule has 1 aliphatic heterocycles. The van der Waals surface area contributed by atoms with Gasteiger partial charge < -0.3 is 4.90 Å². The molecule has 0 aromatic heterocycles. The summed E-state index contributed by atoms with van der Waals surface area (Å²) in [6.07, 6.45) is 9.82. The molecule has 0 radical (unpaired) electrons. The zero-order chi connectivity index (χ0) is 11.1. The molecule has 0 saturated carbocycles. The Morgan fingerprint density at radius 3 is 2.56 bits per heavy atom.